The summed E-state index contributed by atoms with van der Waals surface area (Å²) in [5, 5.41) is 0.774. The van der Waals surface area contributed by atoms with Crippen molar-refractivity contribution in [2.75, 3.05) is 0 Å². The predicted octanol–water partition coefficient (Wildman–Crippen LogP) is 4.81. The predicted molar refractivity (Wildman–Crippen MR) is 75.8 cm³/mol. The van der Waals surface area contributed by atoms with Crippen LogP contribution in [0.2, 0.25) is 5.02 Å². The Labute approximate surface area is 117 Å². The molecular formula is C14H18BrClO. The van der Waals surface area contributed by atoms with Crippen molar-refractivity contribution in [3.63, 3.8) is 0 Å². The van der Waals surface area contributed by atoms with Crippen LogP contribution < -0.4 is 0 Å². The molecule has 0 amide bonds. The normalized spacial score (nSPS) is 32.2. The molecule has 0 aliphatic heterocycles. The standard InChI is InChI=1S/C14H18BrClO/c1-3-14(2)12(15)8-13(14)17-9-10-4-6-11(16)7-5-10/h4-7,12-13H,3,8-9H2,1-2H3. The summed E-state index contributed by atoms with van der Waals surface area (Å²) < 4.78 is 6.01. The lowest BCUT2D eigenvalue weighted by Crippen LogP contribution is -2.53. The van der Waals surface area contributed by atoms with Gasteiger partial charge in [0.25, 0.3) is 0 Å². The Hall–Kier alpha value is -0.0500. The number of alkyl halides is 1. The van der Waals surface area contributed by atoms with Crippen LogP contribution in [-0.4, -0.2) is 10.9 Å². The number of benzene rings is 1. The summed E-state index contributed by atoms with van der Waals surface area (Å²) >= 11 is 9.57. The van der Waals surface area contributed by atoms with E-state index in [0.717, 1.165) is 17.9 Å². The van der Waals surface area contributed by atoms with Crippen molar-refractivity contribution in [1.29, 1.82) is 0 Å². The van der Waals surface area contributed by atoms with Gasteiger partial charge in [0, 0.05) is 15.3 Å². The quantitative estimate of drug-likeness (QED) is 0.724. The summed E-state index contributed by atoms with van der Waals surface area (Å²) in [4.78, 5) is 0.593. The molecule has 3 atom stereocenters. The second-order valence-electron chi connectivity index (χ2n) is 4.99. The SMILES string of the molecule is CCC1(C)C(Br)CC1OCc1ccc(Cl)cc1. The van der Waals surface area contributed by atoms with Gasteiger partial charge in [-0.3, -0.25) is 0 Å². The molecule has 1 aromatic carbocycles. The fourth-order valence-electron chi connectivity index (χ4n) is 2.25. The minimum Gasteiger partial charge on any atom is -0.373 e. The zero-order valence-electron chi connectivity index (χ0n) is 10.2. The molecular weight excluding hydrogens is 300 g/mol. The molecule has 0 spiro atoms. The highest BCUT2D eigenvalue weighted by molar-refractivity contribution is 9.09. The molecule has 0 N–H and O–H groups in total. The van der Waals surface area contributed by atoms with Gasteiger partial charge in [-0.1, -0.05) is 53.5 Å². The van der Waals surface area contributed by atoms with Gasteiger partial charge in [-0.25, -0.2) is 0 Å². The highest BCUT2D eigenvalue weighted by atomic mass is 79.9. The molecule has 2 rings (SSSR count). The Morgan fingerprint density at radius 1 is 1.41 bits per heavy atom. The molecule has 3 unspecified atom stereocenters. The second-order valence-corrected chi connectivity index (χ2v) is 6.53. The van der Waals surface area contributed by atoms with E-state index >= 15 is 0 Å². The smallest absolute Gasteiger partial charge is 0.0720 e. The third kappa shape index (κ3) is 2.69. The summed E-state index contributed by atoms with van der Waals surface area (Å²) in [6, 6.07) is 7.87. The monoisotopic (exact) mass is 316 g/mol. The van der Waals surface area contributed by atoms with E-state index in [1.165, 1.54) is 5.56 Å². The topological polar surface area (TPSA) is 9.23 Å². The van der Waals surface area contributed by atoms with Gasteiger partial charge in [0.2, 0.25) is 0 Å². The Balaban J connectivity index is 1.89. The van der Waals surface area contributed by atoms with Crippen molar-refractivity contribution in [1.82, 2.24) is 0 Å². The lowest BCUT2D eigenvalue weighted by atomic mass is 9.66. The third-order valence-corrected chi connectivity index (χ3v) is 5.67. The van der Waals surface area contributed by atoms with Crippen molar-refractivity contribution >= 4 is 27.5 Å². The summed E-state index contributed by atoms with van der Waals surface area (Å²) in [6.07, 6.45) is 2.62. The third-order valence-electron chi connectivity index (χ3n) is 4.00. The van der Waals surface area contributed by atoms with E-state index in [0.29, 0.717) is 17.5 Å². The maximum atomic E-state index is 6.01. The van der Waals surface area contributed by atoms with Crippen molar-refractivity contribution in [2.24, 2.45) is 5.41 Å². The van der Waals surface area contributed by atoms with E-state index in [9.17, 15) is 0 Å². The summed E-state index contributed by atoms with van der Waals surface area (Å²) in [7, 11) is 0. The molecule has 1 aliphatic carbocycles. The van der Waals surface area contributed by atoms with Crippen LogP contribution in [0.1, 0.15) is 32.3 Å². The lowest BCUT2D eigenvalue weighted by Gasteiger charge is -2.51. The van der Waals surface area contributed by atoms with E-state index in [1.807, 2.05) is 24.3 Å². The Kier molecular flexibility index (Phi) is 4.17. The summed E-state index contributed by atoms with van der Waals surface area (Å²) in [5.41, 5.74) is 1.47. The maximum Gasteiger partial charge on any atom is 0.0720 e. The first kappa shape index (κ1) is 13.4. The molecule has 0 aromatic heterocycles. The van der Waals surface area contributed by atoms with Gasteiger partial charge in [0.15, 0.2) is 0 Å². The number of rotatable bonds is 4. The minimum absolute atomic E-state index is 0.284. The molecule has 17 heavy (non-hydrogen) atoms. The summed E-state index contributed by atoms with van der Waals surface area (Å²) in [6.45, 7) is 5.20. The van der Waals surface area contributed by atoms with Gasteiger partial charge >= 0.3 is 0 Å². The second kappa shape index (κ2) is 5.29. The van der Waals surface area contributed by atoms with E-state index in [-0.39, 0.29) is 5.41 Å². The van der Waals surface area contributed by atoms with Crippen molar-refractivity contribution in [2.45, 2.75) is 44.2 Å². The Bertz CT molecular complexity index is 378. The highest BCUT2D eigenvalue weighted by Gasteiger charge is 2.49. The van der Waals surface area contributed by atoms with Gasteiger partial charge < -0.3 is 4.74 Å². The fourth-order valence-corrected chi connectivity index (χ4v) is 3.34. The first-order valence-electron chi connectivity index (χ1n) is 6.06. The molecule has 1 aromatic rings. The number of halogens is 2. The van der Waals surface area contributed by atoms with E-state index in [1.54, 1.807) is 0 Å². The van der Waals surface area contributed by atoms with E-state index < -0.39 is 0 Å². The molecule has 1 saturated carbocycles. The molecule has 1 fully saturated rings. The van der Waals surface area contributed by atoms with Crippen LogP contribution in [0.5, 0.6) is 0 Å². The molecule has 0 radical (unpaired) electrons. The van der Waals surface area contributed by atoms with Crippen LogP contribution in [0.25, 0.3) is 0 Å². The van der Waals surface area contributed by atoms with Gasteiger partial charge in [0.1, 0.15) is 0 Å². The number of hydrogen-bond acceptors (Lipinski definition) is 1. The van der Waals surface area contributed by atoms with Crippen molar-refractivity contribution in [3.8, 4) is 0 Å². The molecule has 1 nitrogen and oxygen atoms in total. The van der Waals surface area contributed by atoms with Gasteiger partial charge in [0.05, 0.1) is 12.7 Å². The van der Waals surface area contributed by atoms with Gasteiger partial charge in [-0.15, -0.1) is 0 Å². The van der Waals surface area contributed by atoms with Crippen LogP contribution in [0.4, 0.5) is 0 Å². The first-order valence-corrected chi connectivity index (χ1v) is 7.35. The van der Waals surface area contributed by atoms with Crippen LogP contribution in [0.15, 0.2) is 24.3 Å². The molecule has 0 saturated heterocycles. The van der Waals surface area contributed by atoms with Crippen LogP contribution in [0.3, 0.4) is 0 Å². The average Bonchev–Trinajstić information content (AvgIpc) is 2.35. The molecule has 94 valence electrons. The van der Waals surface area contributed by atoms with Gasteiger partial charge in [-0.2, -0.15) is 0 Å². The first-order chi connectivity index (χ1) is 8.06. The number of hydrogen-bond donors (Lipinski definition) is 0. The zero-order valence-corrected chi connectivity index (χ0v) is 12.6. The summed E-state index contributed by atoms with van der Waals surface area (Å²) in [5.74, 6) is 0. The highest BCUT2D eigenvalue weighted by Crippen LogP contribution is 2.50. The van der Waals surface area contributed by atoms with Crippen molar-refractivity contribution in [3.05, 3.63) is 34.9 Å². The maximum absolute atomic E-state index is 6.01. The molecule has 0 bridgehead atoms. The molecule has 3 heteroatoms. The lowest BCUT2D eigenvalue weighted by molar-refractivity contribution is -0.104. The molecule has 1 aliphatic rings. The minimum atomic E-state index is 0.284. The Morgan fingerprint density at radius 2 is 2.06 bits per heavy atom. The van der Waals surface area contributed by atoms with Crippen LogP contribution in [-0.2, 0) is 11.3 Å². The molecule has 0 heterocycles. The van der Waals surface area contributed by atoms with E-state index in [2.05, 4.69) is 29.8 Å². The fraction of sp³-hybridized carbons (Fsp3) is 0.571. The number of ether oxygens (including phenoxy) is 1. The van der Waals surface area contributed by atoms with Crippen molar-refractivity contribution < 1.29 is 4.74 Å². The Morgan fingerprint density at radius 3 is 2.59 bits per heavy atom. The zero-order chi connectivity index (χ0) is 12.5. The van der Waals surface area contributed by atoms with Crippen LogP contribution in [0, 0.1) is 5.41 Å². The van der Waals surface area contributed by atoms with Gasteiger partial charge in [-0.05, 0) is 30.5 Å². The largest absolute Gasteiger partial charge is 0.373 e. The van der Waals surface area contributed by atoms with Crippen LogP contribution >= 0.6 is 27.5 Å². The van der Waals surface area contributed by atoms with E-state index in [4.69, 9.17) is 16.3 Å². The average molecular weight is 318 g/mol.